The zero-order chi connectivity index (χ0) is 21.3. The van der Waals surface area contributed by atoms with Gasteiger partial charge >= 0.3 is 0 Å². The van der Waals surface area contributed by atoms with Crippen molar-refractivity contribution in [1.82, 2.24) is 9.80 Å². The lowest BCUT2D eigenvalue weighted by atomic mass is 9.78. The molecule has 0 spiro atoms. The molecule has 1 aromatic carbocycles. The number of likely N-dealkylation sites (tertiary alicyclic amines) is 1. The summed E-state index contributed by atoms with van der Waals surface area (Å²) in [7, 11) is 0. The van der Waals surface area contributed by atoms with Crippen molar-refractivity contribution in [2.45, 2.75) is 44.7 Å². The molecule has 0 amide bonds. The van der Waals surface area contributed by atoms with Crippen molar-refractivity contribution in [3.63, 3.8) is 0 Å². The first-order valence-corrected chi connectivity index (χ1v) is 12.1. The van der Waals surface area contributed by atoms with Gasteiger partial charge in [0, 0.05) is 36.5 Å². The third-order valence-electron chi connectivity index (χ3n) is 7.91. The van der Waals surface area contributed by atoms with Crippen LogP contribution in [0.15, 0.2) is 78.4 Å². The normalized spacial score (nSPS) is 31.7. The van der Waals surface area contributed by atoms with Crippen molar-refractivity contribution in [2.75, 3.05) is 26.2 Å². The molecule has 31 heavy (non-hydrogen) atoms. The molecule has 2 heteroatoms. The zero-order valence-corrected chi connectivity index (χ0v) is 19.1. The minimum atomic E-state index is 0.0437. The standard InChI is InChI=1S/C29H36N2/c1-3-30-19-9-15-27(30)22-31(21-26-14-8-13-24-11-6-7-16-28(24)26)29(2)18-17-23-10-4-5-12-25(23)20-29/h4-8,10-14,16-18,24,27-28H,3,9,15,19-22H2,1-2H3/t24?,27-,28?,29?/m0/s1. The van der Waals surface area contributed by atoms with Crippen molar-refractivity contribution in [2.24, 2.45) is 11.8 Å². The van der Waals surface area contributed by atoms with Crippen LogP contribution in [-0.4, -0.2) is 47.6 Å². The van der Waals surface area contributed by atoms with Gasteiger partial charge in [-0.1, -0.05) is 85.9 Å². The first kappa shape index (κ1) is 20.7. The summed E-state index contributed by atoms with van der Waals surface area (Å²) in [5.74, 6) is 1.02. The summed E-state index contributed by atoms with van der Waals surface area (Å²) in [4.78, 5) is 5.49. The van der Waals surface area contributed by atoms with Crippen LogP contribution >= 0.6 is 0 Å². The van der Waals surface area contributed by atoms with Gasteiger partial charge in [-0.05, 0) is 56.0 Å². The zero-order valence-electron chi connectivity index (χ0n) is 19.1. The van der Waals surface area contributed by atoms with E-state index >= 15 is 0 Å². The van der Waals surface area contributed by atoms with Crippen molar-refractivity contribution in [3.8, 4) is 0 Å². The molecule has 0 saturated carbocycles. The largest absolute Gasteiger partial charge is 0.299 e. The van der Waals surface area contributed by atoms with Gasteiger partial charge in [0.25, 0.3) is 0 Å². The lowest BCUT2D eigenvalue weighted by molar-refractivity contribution is 0.109. The fourth-order valence-corrected chi connectivity index (χ4v) is 5.99. The van der Waals surface area contributed by atoms with E-state index < -0.39 is 0 Å². The summed E-state index contributed by atoms with van der Waals surface area (Å²) in [5.41, 5.74) is 4.47. The fourth-order valence-electron chi connectivity index (χ4n) is 5.99. The molecule has 1 aliphatic heterocycles. The molecule has 1 fully saturated rings. The van der Waals surface area contributed by atoms with E-state index in [1.165, 1.54) is 30.5 Å². The Labute approximate surface area is 188 Å². The Morgan fingerprint density at radius 3 is 2.84 bits per heavy atom. The minimum absolute atomic E-state index is 0.0437. The summed E-state index contributed by atoms with van der Waals surface area (Å²) in [6.45, 7) is 9.39. The van der Waals surface area contributed by atoms with Gasteiger partial charge in [0.1, 0.15) is 0 Å². The summed E-state index contributed by atoms with van der Waals surface area (Å²) in [5, 5.41) is 0. The lowest BCUT2D eigenvalue weighted by Gasteiger charge is -2.45. The van der Waals surface area contributed by atoms with Gasteiger partial charge in [0.15, 0.2) is 0 Å². The van der Waals surface area contributed by atoms with Gasteiger partial charge in [-0.3, -0.25) is 9.80 Å². The number of hydrogen-bond acceptors (Lipinski definition) is 2. The van der Waals surface area contributed by atoms with E-state index in [4.69, 9.17) is 0 Å². The number of likely N-dealkylation sites (N-methyl/N-ethyl adjacent to an activating group) is 1. The lowest BCUT2D eigenvalue weighted by Crippen LogP contribution is -2.53. The Kier molecular flexibility index (Phi) is 5.86. The fraction of sp³-hybridized carbons (Fsp3) is 0.448. The van der Waals surface area contributed by atoms with E-state index in [0.29, 0.717) is 17.9 Å². The topological polar surface area (TPSA) is 6.48 Å². The van der Waals surface area contributed by atoms with Crippen molar-refractivity contribution in [1.29, 1.82) is 0 Å². The molecular weight excluding hydrogens is 376 g/mol. The third kappa shape index (κ3) is 4.16. The summed E-state index contributed by atoms with van der Waals surface area (Å²) in [6, 6.07) is 9.59. The van der Waals surface area contributed by atoms with E-state index in [1.807, 2.05) is 0 Å². The Balaban J connectivity index is 1.44. The Morgan fingerprint density at radius 2 is 1.94 bits per heavy atom. The van der Waals surface area contributed by atoms with E-state index in [1.54, 1.807) is 5.57 Å². The second-order valence-corrected chi connectivity index (χ2v) is 9.87. The second-order valence-electron chi connectivity index (χ2n) is 9.87. The van der Waals surface area contributed by atoms with Crippen LogP contribution in [0.2, 0.25) is 0 Å². The maximum atomic E-state index is 2.80. The van der Waals surface area contributed by atoms with Gasteiger partial charge in [0.2, 0.25) is 0 Å². The average molecular weight is 413 g/mol. The monoisotopic (exact) mass is 412 g/mol. The highest BCUT2D eigenvalue weighted by molar-refractivity contribution is 5.59. The van der Waals surface area contributed by atoms with Gasteiger partial charge in [-0.25, -0.2) is 0 Å². The molecule has 0 radical (unpaired) electrons. The number of allylic oxidation sites excluding steroid dienone is 7. The van der Waals surface area contributed by atoms with Crippen LogP contribution in [0.25, 0.3) is 6.08 Å². The molecule has 162 valence electrons. The highest BCUT2D eigenvalue weighted by Crippen LogP contribution is 2.36. The Hall–Kier alpha value is -2.16. The Morgan fingerprint density at radius 1 is 1.10 bits per heavy atom. The van der Waals surface area contributed by atoms with Gasteiger partial charge in [0.05, 0.1) is 0 Å². The van der Waals surface area contributed by atoms with Crippen LogP contribution in [0.1, 0.15) is 37.8 Å². The maximum Gasteiger partial charge on any atom is 0.0410 e. The molecule has 1 saturated heterocycles. The quantitative estimate of drug-likeness (QED) is 0.595. The smallest absolute Gasteiger partial charge is 0.0410 e. The van der Waals surface area contributed by atoms with E-state index in [2.05, 4.69) is 103 Å². The summed E-state index contributed by atoms with van der Waals surface area (Å²) < 4.78 is 0. The molecule has 0 N–H and O–H groups in total. The number of benzene rings is 1. The van der Waals surface area contributed by atoms with E-state index in [-0.39, 0.29) is 5.54 Å². The van der Waals surface area contributed by atoms with Crippen LogP contribution in [0, 0.1) is 11.8 Å². The molecular formula is C29H36N2. The van der Waals surface area contributed by atoms with Crippen molar-refractivity contribution in [3.05, 3.63) is 89.6 Å². The first-order valence-electron chi connectivity index (χ1n) is 12.1. The van der Waals surface area contributed by atoms with Crippen LogP contribution in [0.3, 0.4) is 0 Å². The summed E-state index contributed by atoms with van der Waals surface area (Å²) in [6.07, 6.45) is 24.8. The van der Waals surface area contributed by atoms with Crippen LogP contribution < -0.4 is 0 Å². The highest BCUT2D eigenvalue weighted by Gasteiger charge is 2.37. The number of nitrogens with zero attached hydrogens (tertiary/aromatic N) is 2. The number of rotatable bonds is 6. The maximum absolute atomic E-state index is 2.80. The van der Waals surface area contributed by atoms with Crippen molar-refractivity contribution < 1.29 is 0 Å². The number of hydrogen-bond donors (Lipinski definition) is 0. The van der Waals surface area contributed by atoms with E-state index in [9.17, 15) is 0 Å². The molecule has 0 bridgehead atoms. The Bertz CT molecular complexity index is 949. The molecule has 0 aromatic heterocycles. The SMILES string of the molecule is CCN1CCC[C@H]1CN(CC1=CC=CC2C=CC=CC12)C1(C)C=Cc2ccccc2C1. The van der Waals surface area contributed by atoms with Gasteiger partial charge in [-0.2, -0.15) is 0 Å². The van der Waals surface area contributed by atoms with Crippen LogP contribution in [-0.2, 0) is 6.42 Å². The van der Waals surface area contributed by atoms with Gasteiger partial charge in [-0.15, -0.1) is 0 Å². The molecule has 4 aliphatic rings. The van der Waals surface area contributed by atoms with Crippen LogP contribution in [0.4, 0.5) is 0 Å². The minimum Gasteiger partial charge on any atom is -0.299 e. The second kappa shape index (κ2) is 8.76. The molecule has 2 nitrogen and oxygen atoms in total. The number of fused-ring (bicyclic) bond motifs is 2. The van der Waals surface area contributed by atoms with Crippen LogP contribution in [0.5, 0.6) is 0 Å². The van der Waals surface area contributed by atoms with Crippen molar-refractivity contribution >= 4 is 6.08 Å². The van der Waals surface area contributed by atoms with E-state index in [0.717, 1.165) is 26.1 Å². The molecule has 3 unspecified atom stereocenters. The molecule has 1 aromatic rings. The highest BCUT2D eigenvalue weighted by atomic mass is 15.3. The molecule has 3 aliphatic carbocycles. The predicted octanol–water partition coefficient (Wildman–Crippen LogP) is 5.66. The average Bonchev–Trinajstić information content (AvgIpc) is 3.26. The summed E-state index contributed by atoms with van der Waals surface area (Å²) >= 11 is 0. The third-order valence-corrected chi connectivity index (χ3v) is 7.91. The first-order chi connectivity index (χ1) is 15.2. The molecule has 5 rings (SSSR count). The van der Waals surface area contributed by atoms with Gasteiger partial charge < -0.3 is 0 Å². The molecule has 1 heterocycles. The predicted molar refractivity (Wildman–Crippen MR) is 132 cm³/mol. The molecule has 4 atom stereocenters.